The van der Waals surface area contributed by atoms with Crippen molar-refractivity contribution in [2.75, 3.05) is 42.1 Å². The lowest BCUT2D eigenvalue weighted by Gasteiger charge is -2.56. The molecule has 0 bridgehead atoms. The maximum Gasteiger partial charge on any atom is 0.270 e. The highest BCUT2D eigenvalue weighted by atomic mass is 32.2. The van der Waals surface area contributed by atoms with E-state index in [1.165, 1.54) is 55.1 Å². The highest BCUT2D eigenvalue weighted by Gasteiger charge is 2.50. The number of fused-ring (bicyclic) bond motifs is 1. The van der Waals surface area contributed by atoms with E-state index < -0.39 is 21.5 Å². The van der Waals surface area contributed by atoms with Gasteiger partial charge in [0.1, 0.15) is 28.5 Å². The molecule has 5 heterocycles. The number of aromatic amines is 1. The fourth-order valence-corrected chi connectivity index (χ4v) is 12.1. The van der Waals surface area contributed by atoms with Crippen LogP contribution in [0.3, 0.4) is 0 Å². The van der Waals surface area contributed by atoms with Gasteiger partial charge >= 0.3 is 0 Å². The Morgan fingerprint density at radius 3 is 2.48 bits per heavy atom. The summed E-state index contributed by atoms with van der Waals surface area (Å²) in [5.41, 5.74) is 10.5. The van der Waals surface area contributed by atoms with E-state index in [-0.39, 0.29) is 27.8 Å². The zero-order valence-electron chi connectivity index (χ0n) is 37.6. The molecule has 1 unspecified atom stereocenters. The second kappa shape index (κ2) is 17.7. The van der Waals surface area contributed by atoms with E-state index in [0.29, 0.717) is 58.8 Å². The van der Waals surface area contributed by atoms with E-state index in [1.807, 2.05) is 26.0 Å². The number of rotatable bonds is 13. The van der Waals surface area contributed by atoms with Gasteiger partial charge in [-0.3, -0.25) is 9.69 Å². The van der Waals surface area contributed by atoms with E-state index in [4.69, 9.17) is 15.5 Å². The van der Waals surface area contributed by atoms with Crippen LogP contribution in [0.2, 0.25) is 0 Å². The fraction of sp³-hybridized carbons (Fsp3) is 0.500. The van der Waals surface area contributed by atoms with Crippen LogP contribution in [0, 0.1) is 17.3 Å². The maximum atomic E-state index is 13.9. The second-order valence-corrected chi connectivity index (χ2v) is 21.6. The van der Waals surface area contributed by atoms with E-state index >= 15 is 0 Å². The molecular weight excluding hydrogens is 825 g/mol. The lowest BCUT2D eigenvalue weighted by Crippen LogP contribution is -2.55. The van der Waals surface area contributed by atoms with Gasteiger partial charge in [0, 0.05) is 55.6 Å². The number of sulfonamides is 1. The molecular formula is C50H64N8O5S. The third-order valence-corrected chi connectivity index (χ3v) is 16.2. The summed E-state index contributed by atoms with van der Waals surface area (Å²) in [6.45, 7) is 11.8. The van der Waals surface area contributed by atoms with Gasteiger partial charge in [0.05, 0.1) is 28.1 Å². The molecule has 5 aromatic rings. The largest absolute Gasteiger partial charge is 0.455 e. The first-order valence-corrected chi connectivity index (χ1v) is 24.8. The first kappa shape index (κ1) is 44.0. The predicted molar refractivity (Wildman–Crippen MR) is 252 cm³/mol. The summed E-state index contributed by atoms with van der Waals surface area (Å²) in [5.74, 6) is 1.58. The van der Waals surface area contributed by atoms with Crippen molar-refractivity contribution in [2.45, 2.75) is 120 Å². The summed E-state index contributed by atoms with van der Waals surface area (Å²) in [5, 5.41) is 14.6. The molecule has 2 saturated heterocycles. The minimum absolute atomic E-state index is 0.0263. The van der Waals surface area contributed by atoms with Gasteiger partial charge in [0.25, 0.3) is 15.9 Å². The Hall–Kier alpha value is -5.18. The summed E-state index contributed by atoms with van der Waals surface area (Å²) in [7, 11) is -4.33. The van der Waals surface area contributed by atoms with Crippen LogP contribution < -0.4 is 25.4 Å². The summed E-state index contributed by atoms with van der Waals surface area (Å²) < 4.78 is 36.0. The molecule has 2 saturated carbocycles. The molecule has 1 amide bonds. The standard InChI is InChI=1S/C50H64N8O5S/c1-32(2)39-8-5-6-9-40(39)44-10-7-21-58(44)36-27-50(28-36)18-22-57(23-19-50)46-26-45(63-37-24-34-17-20-52-47(34)55-30-37)41(31-54-46)48(59)56-64(61,62)38-15-16-43(42(51)25-38)53-29-33-11-13-35(14-12-33)49(3,4)60/h5-6,8-9,15-17,20,24-26,30-33,35-36,44,53,60H,7,10-14,18-19,21-23,27-29,51H2,1-4H3,(H,52,55)(H,56,59)/t33-,35-,44?. The Bertz CT molecular complexity index is 2580. The van der Waals surface area contributed by atoms with Gasteiger partial charge < -0.3 is 30.8 Å². The lowest BCUT2D eigenvalue weighted by atomic mass is 9.60. The average Bonchev–Trinajstić information content (AvgIpc) is 3.95. The number of carbonyl (C=O) groups excluding carboxylic acids is 1. The predicted octanol–water partition coefficient (Wildman–Crippen LogP) is 9.15. The summed E-state index contributed by atoms with van der Waals surface area (Å²) in [6.07, 6.45) is 15.7. The number of nitrogens with one attached hydrogen (secondary N) is 3. The average molecular weight is 889 g/mol. The Morgan fingerprint density at radius 1 is 0.984 bits per heavy atom. The van der Waals surface area contributed by atoms with Crippen LogP contribution in [0.25, 0.3) is 11.0 Å². The first-order chi connectivity index (χ1) is 30.6. The number of aromatic nitrogens is 3. The molecule has 2 aliphatic carbocycles. The number of benzene rings is 2. The number of carbonyl (C=O) groups is 1. The molecule has 9 rings (SSSR count). The third kappa shape index (κ3) is 9.19. The van der Waals surface area contributed by atoms with Gasteiger partial charge in [-0.2, -0.15) is 0 Å². The Morgan fingerprint density at radius 2 is 1.75 bits per heavy atom. The molecule has 2 aromatic carbocycles. The van der Waals surface area contributed by atoms with E-state index in [0.717, 1.165) is 63.5 Å². The molecule has 6 N–H and O–H groups in total. The Balaban J connectivity index is 0.867. The van der Waals surface area contributed by atoms with Gasteiger partial charge in [-0.05, 0) is 149 Å². The summed E-state index contributed by atoms with van der Waals surface area (Å²) in [4.78, 5) is 31.1. The molecule has 340 valence electrons. The lowest BCUT2D eigenvalue weighted by molar-refractivity contribution is -0.0228. The van der Waals surface area contributed by atoms with Crippen molar-refractivity contribution in [3.63, 3.8) is 0 Å². The first-order valence-electron chi connectivity index (χ1n) is 23.3. The highest BCUT2D eigenvalue weighted by molar-refractivity contribution is 7.90. The Kier molecular flexibility index (Phi) is 12.2. The smallest absolute Gasteiger partial charge is 0.270 e. The molecule has 3 aromatic heterocycles. The number of likely N-dealkylation sites (tertiary alicyclic amines) is 1. The van der Waals surface area contributed by atoms with Crippen molar-refractivity contribution < 1.29 is 23.1 Å². The van der Waals surface area contributed by atoms with Crippen LogP contribution in [-0.4, -0.2) is 77.1 Å². The van der Waals surface area contributed by atoms with Crippen molar-refractivity contribution in [1.82, 2.24) is 24.6 Å². The van der Waals surface area contributed by atoms with Crippen LogP contribution in [0.5, 0.6) is 11.5 Å². The number of aliphatic hydroxyl groups is 1. The zero-order valence-corrected chi connectivity index (χ0v) is 38.5. The van der Waals surface area contributed by atoms with Gasteiger partial charge in [-0.1, -0.05) is 38.1 Å². The van der Waals surface area contributed by atoms with E-state index in [9.17, 15) is 18.3 Å². The van der Waals surface area contributed by atoms with Crippen LogP contribution in [0.1, 0.15) is 125 Å². The van der Waals surface area contributed by atoms with Gasteiger partial charge in [0.2, 0.25) is 0 Å². The second-order valence-electron chi connectivity index (χ2n) is 19.9. The monoisotopic (exact) mass is 888 g/mol. The number of hydrogen-bond acceptors (Lipinski definition) is 11. The van der Waals surface area contributed by atoms with E-state index in [2.05, 4.69) is 67.9 Å². The molecule has 1 spiro atoms. The minimum Gasteiger partial charge on any atom is -0.455 e. The number of pyridine rings is 2. The zero-order chi connectivity index (χ0) is 44.8. The van der Waals surface area contributed by atoms with Gasteiger partial charge in [-0.15, -0.1) is 0 Å². The van der Waals surface area contributed by atoms with Gasteiger partial charge in [0.15, 0.2) is 0 Å². The van der Waals surface area contributed by atoms with Crippen LogP contribution in [0.4, 0.5) is 17.2 Å². The SMILES string of the molecule is CC(C)c1ccccc1C1CCCN1C1CC2(CCN(c3cc(Oc4cnc5[nH]ccc5c4)c(C(=O)NS(=O)(=O)c4ccc(NC[C@H]5CC[C@H](C(C)(C)O)CC5)c(N)c4)cn3)CC2)C1. The van der Waals surface area contributed by atoms with Crippen LogP contribution >= 0.6 is 0 Å². The number of nitrogens with two attached hydrogens (primary N) is 1. The van der Waals surface area contributed by atoms with Crippen molar-refractivity contribution in [3.05, 3.63) is 95.9 Å². The summed E-state index contributed by atoms with van der Waals surface area (Å²) in [6, 6.07) is 20.0. The highest BCUT2D eigenvalue weighted by Crippen LogP contribution is 2.54. The molecule has 64 heavy (non-hydrogen) atoms. The molecule has 0 radical (unpaired) electrons. The van der Waals surface area contributed by atoms with Crippen LogP contribution in [-0.2, 0) is 10.0 Å². The molecule has 13 nitrogen and oxygen atoms in total. The molecule has 4 fully saturated rings. The fourth-order valence-electron chi connectivity index (χ4n) is 11.1. The molecule has 14 heteroatoms. The molecule has 4 aliphatic rings. The minimum atomic E-state index is -4.33. The number of anilines is 3. The van der Waals surface area contributed by atoms with Crippen molar-refractivity contribution in [2.24, 2.45) is 17.3 Å². The van der Waals surface area contributed by atoms with Crippen molar-refractivity contribution in [1.29, 1.82) is 0 Å². The molecule has 2 aliphatic heterocycles. The third-order valence-electron chi connectivity index (χ3n) is 14.9. The topological polar surface area (TPSA) is 179 Å². The van der Waals surface area contributed by atoms with Crippen molar-refractivity contribution in [3.8, 4) is 11.5 Å². The van der Waals surface area contributed by atoms with Crippen LogP contribution in [0.15, 0.2) is 84.1 Å². The number of piperidine rings is 1. The number of H-pyrrole nitrogens is 1. The maximum absolute atomic E-state index is 13.9. The Labute approximate surface area is 377 Å². The number of ether oxygens (including phenoxy) is 1. The van der Waals surface area contributed by atoms with Crippen molar-refractivity contribution >= 4 is 44.2 Å². The van der Waals surface area contributed by atoms with Gasteiger partial charge in [-0.25, -0.2) is 23.1 Å². The number of nitrogen functional groups attached to an aromatic ring is 1. The quantitative estimate of drug-likeness (QED) is 0.0712. The normalized spacial score (nSPS) is 21.9. The molecule has 1 atom stereocenters. The van der Waals surface area contributed by atoms with E-state index in [1.54, 1.807) is 24.5 Å². The number of amides is 1. The number of hydrogen-bond donors (Lipinski definition) is 5. The number of nitrogens with zero attached hydrogens (tertiary/aromatic N) is 4. The summed E-state index contributed by atoms with van der Waals surface area (Å²) >= 11 is 0.